The van der Waals surface area contributed by atoms with Crippen molar-refractivity contribution in [1.82, 2.24) is 4.90 Å². The van der Waals surface area contributed by atoms with E-state index in [2.05, 4.69) is 16.0 Å². The summed E-state index contributed by atoms with van der Waals surface area (Å²) in [5.74, 6) is 0. The zero-order valence-electron chi connectivity index (χ0n) is 17.0. The minimum atomic E-state index is -0.346. The van der Waals surface area contributed by atoms with Crippen LogP contribution in [0.1, 0.15) is 18.9 Å². The predicted octanol–water partition coefficient (Wildman–Crippen LogP) is 5.77. The summed E-state index contributed by atoms with van der Waals surface area (Å²) < 4.78 is 0. The molecule has 0 spiro atoms. The minimum absolute atomic E-state index is 0.174. The van der Waals surface area contributed by atoms with E-state index in [1.54, 1.807) is 29.2 Å². The molecule has 6 nitrogen and oxygen atoms in total. The third-order valence-corrected chi connectivity index (χ3v) is 4.40. The standard InChI is InChI=1S/C24H26N4O2/c1-2-16-28(18-19-10-5-3-6-11-19)24(30)27-22-15-9-14-21(17-22)26-23(29)25-20-12-7-4-8-13-20/h3-15,17H,2,16,18H2,1H3,(H,27,30)(H2,25,26,29). The number of nitrogens with one attached hydrogen (secondary N) is 3. The molecule has 3 N–H and O–H groups in total. The Kier molecular flexibility index (Phi) is 7.44. The van der Waals surface area contributed by atoms with Crippen LogP contribution in [0.25, 0.3) is 0 Å². The van der Waals surface area contributed by atoms with E-state index in [1.165, 1.54) is 0 Å². The molecule has 154 valence electrons. The maximum atomic E-state index is 12.8. The van der Waals surface area contributed by atoms with Crippen LogP contribution in [-0.2, 0) is 6.54 Å². The molecule has 0 bridgehead atoms. The number of benzene rings is 3. The Morgan fingerprint density at radius 2 is 1.30 bits per heavy atom. The lowest BCUT2D eigenvalue weighted by atomic mass is 10.2. The molecule has 30 heavy (non-hydrogen) atoms. The summed E-state index contributed by atoms with van der Waals surface area (Å²) in [5, 5.41) is 8.48. The topological polar surface area (TPSA) is 73.5 Å². The van der Waals surface area contributed by atoms with Crippen LogP contribution in [0, 0.1) is 0 Å². The van der Waals surface area contributed by atoms with Gasteiger partial charge in [0.05, 0.1) is 0 Å². The molecule has 3 rings (SSSR count). The third kappa shape index (κ3) is 6.38. The number of rotatable bonds is 7. The number of para-hydroxylation sites is 1. The monoisotopic (exact) mass is 402 g/mol. The zero-order valence-corrected chi connectivity index (χ0v) is 17.0. The van der Waals surface area contributed by atoms with Crippen molar-refractivity contribution < 1.29 is 9.59 Å². The number of nitrogens with zero attached hydrogens (tertiary/aromatic N) is 1. The van der Waals surface area contributed by atoms with Gasteiger partial charge in [0.25, 0.3) is 0 Å². The highest BCUT2D eigenvalue weighted by Crippen LogP contribution is 2.17. The molecule has 0 aromatic heterocycles. The quantitative estimate of drug-likeness (QED) is 0.469. The third-order valence-electron chi connectivity index (χ3n) is 4.40. The first-order chi connectivity index (χ1) is 14.6. The molecule has 0 aliphatic carbocycles. The fourth-order valence-electron chi connectivity index (χ4n) is 3.02. The first-order valence-corrected chi connectivity index (χ1v) is 9.97. The van der Waals surface area contributed by atoms with Gasteiger partial charge in [-0.15, -0.1) is 0 Å². The van der Waals surface area contributed by atoms with Crippen LogP contribution >= 0.6 is 0 Å². The molecule has 0 atom stereocenters. The van der Waals surface area contributed by atoms with Crippen LogP contribution in [0.5, 0.6) is 0 Å². The first-order valence-electron chi connectivity index (χ1n) is 9.97. The van der Waals surface area contributed by atoms with Crippen LogP contribution in [0.4, 0.5) is 26.7 Å². The van der Waals surface area contributed by atoms with E-state index in [1.807, 2.05) is 67.6 Å². The molecule has 0 radical (unpaired) electrons. The van der Waals surface area contributed by atoms with Crippen LogP contribution in [0.2, 0.25) is 0 Å². The van der Waals surface area contributed by atoms with Gasteiger partial charge in [-0.1, -0.05) is 61.5 Å². The van der Waals surface area contributed by atoms with Gasteiger partial charge in [-0.3, -0.25) is 0 Å². The van der Waals surface area contributed by atoms with Gasteiger partial charge in [-0.2, -0.15) is 0 Å². The predicted molar refractivity (Wildman–Crippen MR) is 122 cm³/mol. The van der Waals surface area contributed by atoms with E-state index in [0.717, 1.165) is 12.0 Å². The molecule has 3 aromatic rings. The Morgan fingerprint density at radius 3 is 1.97 bits per heavy atom. The molecule has 4 amide bonds. The molecule has 0 fully saturated rings. The normalized spacial score (nSPS) is 10.2. The van der Waals surface area contributed by atoms with Crippen molar-refractivity contribution >= 4 is 29.1 Å². The average Bonchev–Trinajstić information content (AvgIpc) is 2.75. The average molecular weight is 402 g/mol. The lowest BCUT2D eigenvalue weighted by Gasteiger charge is -2.23. The van der Waals surface area contributed by atoms with Crippen molar-refractivity contribution in [3.05, 3.63) is 90.5 Å². The highest BCUT2D eigenvalue weighted by atomic mass is 16.2. The summed E-state index contributed by atoms with van der Waals surface area (Å²) >= 11 is 0. The first kappa shape index (κ1) is 20.9. The van der Waals surface area contributed by atoms with Gasteiger partial charge in [0.2, 0.25) is 0 Å². The molecule has 6 heteroatoms. The van der Waals surface area contributed by atoms with Gasteiger partial charge in [-0.05, 0) is 42.3 Å². The van der Waals surface area contributed by atoms with Crippen molar-refractivity contribution in [2.45, 2.75) is 19.9 Å². The van der Waals surface area contributed by atoms with E-state index in [9.17, 15) is 9.59 Å². The van der Waals surface area contributed by atoms with E-state index in [4.69, 9.17) is 0 Å². The van der Waals surface area contributed by atoms with Gasteiger partial charge < -0.3 is 20.9 Å². The van der Waals surface area contributed by atoms with Crippen LogP contribution in [0.3, 0.4) is 0 Å². The number of hydrogen-bond acceptors (Lipinski definition) is 2. The highest BCUT2D eigenvalue weighted by molar-refractivity contribution is 6.00. The second-order valence-corrected chi connectivity index (χ2v) is 6.86. The number of hydrogen-bond donors (Lipinski definition) is 3. The Balaban J connectivity index is 1.61. The molecule has 0 heterocycles. The van der Waals surface area contributed by atoms with Gasteiger partial charge >= 0.3 is 12.1 Å². The summed E-state index contributed by atoms with van der Waals surface area (Å²) in [4.78, 5) is 26.8. The number of amides is 4. The van der Waals surface area contributed by atoms with Crippen molar-refractivity contribution in [3.63, 3.8) is 0 Å². The Labute approximate surface area is 176 Å². The molecule has 0 aliphatic heterocycles. The fourth-order valence-corrected chi connectivity index (χ4v) is 3.02. The number of carbonyl (C=O) groups excluding carboxylic acids is 2. The number of carbonyl (C=O) groups is 2. The largest absolute Gasteiger partial charge is 0.323 e. The highest BCUT2D eigenvalue weighted by Gasteiger charge is 2.14. The maximum absolute atomic E-state index is 12.8. The lowest BCUT2D eigenvalue weighted by molar-refractivity contribution is 0.209. The number of urea groups is 2. The summed E-state index contributed by atoms with van der Waals surface area (Å²) in [5.41, 5.74) is 2.99. The molecular weight excluding hydrogens is 376 g/mol. The van der Waals surface area contributed by atoms with Crippen LogP contribution < -0.4 is 16.0 Å². The summed E-state index contributed by atoms with van der Waals surface area (Å²) in [6.45, 7) is 3.23. The lowest BCUT2D eigenvalue weighted by Crippen LogP contribution is -2.35. The molecule has 0 saturated heterocycles. The fraction of sp³-hybridized carbons (Fsp3) is 0.167. The van der Waals surface area contributed by atoms with E-state index < -0.39 is 0 Å². The molecule has 0 saturated carbocycles. The van der Waals surface area contributed by atoms with Gasteiger partial charge in [-0.25, -0.2) is 9.59 Å². The van der Waals surface area contributed by atoms with E-state index >= 15 is 0 Å². The minimum Gasteiger partial charge on any atom is -0.320 e. The van der Waals surface area contributed by atoms with E-state index in [-0.39, 0.29) is 12.1 Å². The van der Waals surface area contributed by atoms with Crippen LogP contribution in [-0.4, -0.2) is 23.5 Å². The smallest absolute Gasteiger partial charge is 0.320 e. The molecular formula is C24H26N4O2. The van der Waals surface area contributed by atoms with Gasteiger partial charge in [0, 0.05) is 30.2 Å². The maximum Gasteiger partial charge on any atom is 0.323 e. The summed E-state index contributed by atoms with van der Waals surface area (Å²) in [7, 11) is 0. The Hall–Kier alpha value is -3.80. The summed E-state index contributed by atoms with van der Waals surface area (Å²) in [6.07, 6.45) is 0.863. The molecule has 3 aromatic carbocycles. The number of anilines is 3. The van der Waals surface area contributed by atoms with Crippen molar-refractivity contribution in [2.75, 3.05) is 22.5 Å². The Morgan fingerprint density at radius 1 is 0.733 bits per heavy atom. The second kappa shape index (κ2) is 10.7. The molecule has 0 unspecified atom stereocenters. The SMILES string of the molecule is CCCN(Cc1ccccc1)C(=O)Nc1cccc(NC(=O)Nc2ccccc2)c1. The van der Waals surface area contributed by atoms with Crippen molar-refractivity contribution in [3.8, 4) is 0 Å². The van der Waals surface area contributed by atoms with Crippen LogP contribution in [0.15, 0.2) is 84.9 Å². The Bertz CT molecular complexity index is 961. The summed E-state index contributed by atoms with van der Waals surface area (Å²) in [6, 6.07) is 25.7. The van der Waals surface area contributed by atoms with E-state index in [0.29, 0.717) is 30.2 Å². The molecule has 0 aliphatic rings. The van der Waals surface area contributed by atoms with Gasteiger partial charge in [0.15, 0.2) is 0 Å². The van der Waals surface area contributed by atoms with Gasteiger partial charge in [0.1, 0.15) is 0 Å². The second-order valence-electron chi connectivity index (χ2n) is 6.86. The van der Waals surface area contributed by atoms with Crippen molar-refractivity contribution in [2.24, 2.45) is 0 Å². The zero-order chi connectivity index (χ0) is 21.2. The van der Waals surface area contributed by atoms with Crippen molar-refractivity contribution in [1.29, 1.82) is 0 Å².